The summed E-state index contributed by atoms with van der Waals surface area (Å²) in [7, 11) is 0. The van der Waals surface area contributed by atoms with Crippen molar-refractivity contribution in [3.8, 4) is 11.3 Å². The summed E-state index contributed by atoms with van der Waals surface area (Å²) >= 11 is 0. The summed E-state index contributed by atoms with van der Waals surface area (Å²) < 4.78 is 0. The standard InChI is InChI=1S/C29H44N4O2/c1-4-14-27(28(34)30-24-17-11-8-12-18-24)33(22-13-21-32(5-2)6-3)29(35)26-20-19-25(31-26)23-15-9-7-10-16-23/h7,9-10,15-16,19-20,24,27,31H,4-6,8,11-14,17-18,21-22H2,1-3H3,(H,30,34). The highest BCUT2D eigenvalue weighted by atomic mass is 16.2. The summed E-state index contributed by atoms with van der Waals surface area (Å²) in [4.78, 5) is 34.8. The smallest absolute Gasteiger partial charge is 0.270 e. The molecule has 1 aliphatic rings. The summed E-state index contributed by atoms with van der Waals surface area (Å²) in [5.41, 5.74) is 2.49. The van der Waals surface area contributed by atoms with Crippen molar-refractivity contribution in [3.05, 3.63) is 48.2 Å². The SMILES string of the molecule is CCCC(C(=O)NC1CCCCC1)N(CCCN(CC)CC)C(=O)c1ccc(-c2ccccc2)[nH]1. The molecule has 1 heterocycles. The highest BCUT2D eigenvalue weighted by Gasteiger charge is 2.31. The lowest BCUT2D eigenvalue weighted by atomic mass is 9.95. The van der Waals surface area contributed by atoms with Crippen LogP contribution in [-0.4, -0.2) is 64.9 Å². The maximum atomic E-state index is 13.8. The van der Waals surface area contributed by atoms with Gasteiger partial charge in [0.1, 0.15) is 11.7 Å². The Morgan fingerprint density at radius 2 is 1.69 bits per heavy atom. The van der Waals surface area contributed by atoms with Gasteiger partial charge < -0.3 is 20.1 Å². The number of benzene rings is 1. The van der Waals surface area contributed by atoms with Gasteiger partial charge in [-0.05, 0) is 63.0 Å². The number of nitrogens with zero attached hydrogens (tertiary/aromatic N) is 2. The van der Waals surface area contributed by atoms with Gasteiger partial charge in [0.2, 0.25) is 5.91 Å². The van der Waals surface area contributed by atoms with Crippen LogP contribution in [0.2, 0.25) is 0 Å². The number of amides is 2. The quantitative estimate of drug-likeness (QED) is 0.399. The van der Waals surface area contributed by atoms with E-state index < -0.39 is 6.04 Å². The van der Waals surface area contributed by atoms with Gasteiger partial charge in [0.25, 0.3) is 5.91 Å². The normalized spacial score (nSPS) is 15.2. The van der Waals surface area contributed by atoms with Crippen molar-refractivity contribution < 1.29 is 9.59 Å². The highest BCUT2D eigenvalue weighted by molar-refractivity contribution is 5.97. The first-order chi connectivity index (χ1) is 17.1. The molecule has 1 aromatic carbocycles. The third-order valence-electron chi connectivity index (χ3n) is 7.22. The number of hydrogen-bond acceptors (Lipinski definition) is 3. The Hall–Kier alpha value is -2.60. The third kappa shape index (κ3) is 7.69. The molecular weight excluding hydrogens is 436 g/mol. The number of carbonyl (C=O) groups is 2. The van der Waals surface area contributed by atoms with E-state index in [2.05, 4.69) is 36.0 Å². The Bertz CT molecular complexity index is 900. The fourth-order valence-electron chi connectivity index (χ4n) is 5.11. The van der Waals surface area contributed by atoms with Gasteiger partial charge in [-0.15, -0.1) is 0 Å². The third-order valence-corrected chi connectivity index (χ3v) is 7.22. The van der Waals surface area contributed by atoms with E-state index in [0.717, 1.165) is 56.6 Å². The zero-order valence-electron chi connectivity index (χ0n) is 21.9. The van der Waals surface area contributed by atoms with Gasteiger partial charge in [-0.1, -0.05) is 76.8 Å². The first kappa shape index (κ1) is 27.0. The van der Waals surface area contributed by atoms with Crippen LogP contribution in [0.5, 0.6) is 0 Å². The second kappa shape index (κ2) is 14.1. The average molecular weight is 481 g/mol. The first-order valence-electron chi connectivity index (χ1n) is 13.6. The van der Waals surface area contributed by atoms with E-state index in [9.17, 15) is 9.59 Å². The van der Waals surface area contributed by atoms with Gasteiger partial charge in [-0.25, -0.2) is 0 Å². The predicted molar refractivity (Wildman–Crippen MR) is 143 cm³/mol. The monoisotopic (exact) mass is 480 g/mol. The molecule has 6 nitrogen and oxygen atoms in total. The molecule has 1 saturated carbocycles. The van der Waals surface area contributed by atoms with Gasteiger partial charge in [0.05, 0.1) is 0 Å². The minimum Gasteiger partial charge on any atom is -0.352 e. The minimum atomic E-state index is -0.449. The van der Waals surface area contributed by atoms with Crippen LogP contribution >= 0.6 is 0 Å². The van der Waals surface area contributed by atoms with Gasteiger partial charge in [-0.2, -0.15) is 0 Å². The van der Waals surface area contributed by atoms with Crippen LogP contribution in [0.3, 0.4) is 0 Å². The molecule has 2 N–H and O–H groups in total. The molecular formula is C29H44N4O2. The topological polar surface area (TPSA) is 68.4 Å². The molecule has 6 heteroatoms. The molecule has 1 fully saturated rings. The summed E-state index contributed by atoms with van der Waals surface area (Å²) in [6.45, 7) is 9.87. The van der Waals surface area contributed by atoms with Crippen molar-refractivity contribution in [2.24, 2.45) is 0 Å². The van der Waals surface area contributed by atoms with Crippen molar-refractivity contribution in [2.75, 3.05) is 26.2 Å². The van der Waals surface area contributed by atoms with Gasteiger partial charge in [0, 0.05) is 18.3 Å². The van der Waals surface area contributed by atoms with Gasteiger partial charge >= 0.3 is 0 Å². The summed E-state index contributed by atoms with van der Waals surface area (Å²) in [6, 6.07) is 13.6. The van der Waals surface area contributed by atoms with E-state index in [4.69, 9.17) is 0 Å². The number of hydrogen-bond donors (Lipinski definition) is 2. The molecule has 2 aromatic rings. The van der Waals surface area contributed by atoms with Crippen molar-refractivity contribution >= 4 is 11.8 Å². The molecule has 1 aliphatic carbocycles. The van der Waals surface area contributed by atoms with Crippen molar-refractivity contribution in [3.63, 3.8) is 0 Å². The predicted octanol–water partition coefficient (Wildman–Crippen LogP) is 5.47. The Labute approximate surface area is 211 Å². The Morgan fingerprint density at radius 3 is 2.34 bits per heavy atom. The van der Waals surface area contributed by atoms with Crippen LogP contribution in [0, 0.1) is 0 Å². The lowest BCUT2D eigenvalue weighted by Gasteiger charge is -2.33. The van der Waals surface area contributed by atoms with E-state index in [0.29, 0.717) is 18.7 Å². The lowest BCUT2D eigenvalue weighted by Crippen LogP contribution is -2.52. The number of nitrogens with one attached hydrogen (secondary N) is 2. The molecule has 1 atom stereocenters. The van der Waals surface area contributed by atoms with Crippen molar-refractivity contribution in [2.45, 2.75) is 84.2 Å². The highest BCUT2D eigenvalue weighted by Crippen LogP contribution is 2.22. The molecule has 35 heavy (non-hydrogen) atoms. The minimum absolute atomic E-state index is 0.00442. The van der Waals surface area contributed by atoms with Gasteiger partial charge in [0.15, 0.2) is 0 Å². The average Bonchev–Trinajstić information content (AvgIpc) is 3.39. The molecule has 2 amide bonds. The number of carbonyl (C=O) groups excluding carboxylic acids is 2. The van der Waals surface area contributed by atoms with Crippen LogP contribution in [0.15, 0.2) is 42.5 Å². The van der Waals surface area contributed by atoms with Crippen LogP contribution in [-0.2, 0) is 4.79 Å². The zero-order chi connectivity index (χ0) is 25.0. The fraction of sp³-hybridized carbons (Fsp3) is 0.586. The number of aromatic amines is 1. The van der Waals surface area contributed by atoms with E-state index in [1.165, 1.54) is 19.3 Å². The molecule has 0 saturated heterocycles. The zero-order valence-corrected chi connectivity index (χ0v) is 21.9. The van der Waals surface area contributed by atoms with E-state index >= 15 is 0 Å². The Morgan fingerprint density at radius 1 is 0.971 bits per heavy atom. The lowest BCUT2D eigenvalue weighted by molar-refractivity contribution is -0.127. The number of aromatic nitrogens is 1. The molecule has 0 bridgehead atoms. The van der Waals surface area contributed by atoms with Crippen molar-refractivity contribution in [1.82, 2.24) is 20.1 Å². The molecule has 0 spiro atoms. The molecule has 0 aliphatic heterocycles. The fourth-order valence-corrected chi connectivity index (χ4v) is 5.11. The van der Waals surface area contributed by atoms with Crippen LogP contribution in [0.25, 0.3) is 11.3 Å². The van der Waals surface area contributed by atoms with E-state index in [1.807, 2.05) is 47.4 Å². The van der Waals surface area contributed by atoms with E-state index in [-0.39, 0.29) is 17.9 Å². The largest absolute Gasteiger partial charge is 0.352 e. The summed E-state index contributed by atoms with van der Waals surface area (Å²) in [5, 5.41) is 3.29. The maximum Gasteiger partial charge on any atom is 0.270 e. The van der Waals surface area contributed by atoms with Crippen molar-refractivity contribution in [1.29, 1.82) is 0 Å². The Balaban J connectivity index is 1.80. The molecule has 1 aromatic heterocycles. The van der Waals surface area contributed by atoms with Crippen LogP contribution in [0.4, 0.5) is 0 Å². The van der Waals surface area contributed by atoms with Gasteiger partial charge in [-0.3, -0.25) is 9.59 Å². The molecule has 192 valence electrons. The van der Waals surface area contributed by atoms with Crippen LogP contribution < -0.4 is 5.32 Å². The number of rotatable bonds is 13. The molecule has 3 rings (SSSR count). The second-order valence-electron chi connectivity index (χ2n) is 9.68. The van der Waals surface area contributed by atoms with E-state index in [1.54, 1.807) is 0 Å². The molecule has 0 radical (unpaired) electrons. The number of H-pyrrole nitrogens is 1. The second-order valence-corrected chi connectivity index (χ2v) is 9.68. The Kier molecular flexibility index (Phi) is 10.9. The maximum absolute atomic E-state index is 13.8. The first-order valence-corrected chi connectivity index (χ1v) is 13.6. The summed E-state index contributed by atoms with van der Waals surface area (Å²) in [5.74, 6) is -0.0891. The molecule has 1 unspecified atom stereocenters. The summed E-state index contributed by atoms with van der Waals surface area (Å²) in [6.07, 6.45) is 8.02. The van der Waals surface area contributed by atoms with Crippen LogP contribution in [0.1, 0.15) is 82.6 Å².